The third-order valence-electron chi connectivity index (χ3n) is 8.68. The van der Waals surface area contributed by atoms with Crippen molar-refractivity contribution in [3.8, 4) is 5.69 Å². The molecule has 4 heterocycles. The normalized spacial score (nSPS) is 19.6. The van der Waals surface area contributed by atoms with Gasteiger partial charge in [0.25, 0.3) is 5.91 Å². The number of carbonyl (C=O) groups excluding carboxylic acids is 1. The number of anilines is 1. The highest BCUT2D eigenvalue weighted by molar-refractivity contribution is 7.87. The number of aromatic nitrogens is 3. The molecule has 3 fully saturated rings. The topological polar surface area (TPSA) is 113 Å². The van der Waals surface area contributed by atoms with E-state index in [9.17, 15) is 13.2 Å². The van der Waals surface area contributed by atoms with Crippen molar-refractivity contribution in [1.82, 2.24) is 28.7 Å². The first-order chi connectivity index (χ1) is 19.7. The van der Waals surface area contributed by atoms with Gasteiger partial charge in [0.05, 0.1) is 35.7 Å². The second kappa shape index (κ2) is 11.3. The fourth-order valence-electron chi connectivity index (χ4n) is 6.07. The molecule has 3 aliphatic rings. The van der Waals surface area contributed by atoms with Gasteiger partial charge in [0.1, 0.15) is 5.69 Å². The van der Waals surface area contributed by atoms with E-state index in [4.69, 9.17) is 14.8 Å². The summed E-state index contributed by atoms with van der Waals surface area (Å²) in [5.74, 6) is -0.420. The van der Waals surface area contributed by atoms with Gasteiger partial charge in [-0.1, -0.05) is 18.6 Å². The summed E-state index contributed by atoms with van der Waals surface area (Å²) in [6, 6.07) is 10.3. The smallest absolute Gasteiger partial charge is 0.303 e. The number of amides is 1. The first kappa shape index (κ1) is 28.1. The second-order valence-electron chi connectivity index (χ2n) is 11.6. The van der Waals surface area contributed by atoms with Gasteiger partial charge in [0, 0.05) is 52.2 Å². The predicted molar refractivity (Wildman–Crippen MR) is 158 cm³/mol. The molecule has 2 aliphatic heterocycles. The molecule has 41 heavy (non-hydrogen) atoms. The van der Waals surface area contributed by atoms with Crippen LogP contribution in [-0.2, 0) is 14.9 Å². The van der Waals surface area contributed by atoms with E-state index in [1.54, 1.807) is 6.07 Å². The average Bonchev–Trinajstić information content (AvgIpc) is 3.31. The number of morpholine rings is 1. The second-order valence-corrected chi connectivity index (χ2v) is 13.5. The van der Waals surface area contributed by atoms with Crippen LogP contribution < -0.4 is 9.62 Å². The number of nitrogens with one attached hydrogen (secondary N) is 1. The molecule has 0 spiro atoms. The first-order valence-corrected chi connectivity index (χ1v) is 16.0. The van der Waals surface area contributed by atoms with Crippen LogP contribution in [0.5, 0.6) is 0 Å². The fraction of sp³-hybridized carbons (Fsp3) is 0.552. The molecule has 1 N–H and O–H groups in total. The van der Waals surface area contributed by atoms with Crippen LogP contribution in [0, 0.1) is 6.92 Å². The molecule has 2 saturated heterocycles. The summed E-state index contributed by atoms with van der Waals surface area (Å²) in [6.45, 7) is 7.18. The standard InChI is InChI=1S/C29H39N7O4S/c1-20-6-4-9-23(18-20)36-28-26(27(31-36)21-7-5-8-21)25(19-24(30-28)29(37)32-41(38,39)33(2)3)35-12-10-22(11-13-35)34-14-16-40-17-15-34/h4,6,9,18-19,21-22H,5,7-8,10-17H2,1-3H3,(H,32,37). The van der Waals surface area contributed by atoms with Gasteiger partial charge in [-0.15, -0.1) is 0 Å². The number of nitrogens with zero attached hydrogens (tertiary/aromatic N) is 6. The van der Waals surface area contributed by atoms with Crippen molar-refractivity contribution in [1.29, 1.82) is 0 Å². The number of fused-ring (bicyclic) bond motifs is 1. The van der Waals surface area contributed by atoms with E-state index < -0.39 is 16.1 Å². The molecule has 0 radical (unpaired) electrons. The van der Waals surface area contributed by atoms with Crippen LogP contribution in [0.2, 0.25) is 0 Å². The van der Waals surface area contributed by atoms with Crippen molar-refractivity contribution in [2.75, 3.05) is 58.4 Å². The van der Waals surface area contributed by atoms with Gasteiger partial charge < -0.3 is 9.64 Å². The zero-order valence-corrected chi connectivity index (χ0v) is 24.9. The van der Waals surface area contributed by atoms with E-state index in [1.807, 2.05) is 29.8 Å². The zero-order chi connectivity index (χ0) is 28.7. The maximum absolute atomic E-state index is 13.4. The van der Waals surface area contributed by atoms with Gasteiger partial charge >= 0.3 is 10.2 Å². The average molecular weight is 582 g/mol. The van der Waals surface area contributed by atoms with Crippen molar-refractivity contribution in [3.63, 3.8) is 0 Å². The summed E-state index contributed by atoms with van der Waals surface area (Å²) < 4.78 is 35.6. The van der Waals surface area contributed by atoms with Crippen LogP contribution >= 0.6 is 0 Å². The highest BCUT2D eigenvalue weighted by Gasteiger charge is 2.33. The lowest BCUT2D eigenvalue weighted by molar-refractivity contribution is 0.0115. The van der Waals surface area contributed by atoms with Crippen molar-refractivity contribution in [2.45, 2.75) is 51.0 Å². The Bertz CT molecular complexity index is 1540. The largest absolute Gasteiger partial charge is 0.379 e. The van der Waals surface area contributed by atoms with Gasteiger partial charge in [-0.25, -0.2) is 14.4 Å². The van der Waals surface area contributed by atoms with E-state index in [-0.39, 0.29) is 5.69 Å². The number of carbonyl (C=O) groups is 1. The van der Waals surface area contributed by atoms with Crippen LogP contribution in [0.25, 0.3) is 16.7 Å². The van der Waals surface area contributed by atoms with Crippen molar-refractivity contribution >= 4 is 32.8 Å². The summed E-state index contributed by atoms with van der Waals surface area (Å²) in [4.78, 5) is 23.0. The molecule has 0 bridgehead atoms. The number of ether oxygens (including phenoxy) is 1. The molecular weight excluding hydrogens is 542 g/mol. The molecule has 2 aromatic heterocycles. The molecule has 11 nitrogen and oxygen atoms in total. The lowest BCUT2D eigenvalue weighted by atomic mass is 9.82. The Morgan fingerprint density at radius 2 is 1.78 bits per heavy atom. The summed E-state index contributed by atoms with van der Waals surface area (Å²) in [6.07, 6.45) is 5.32. The highest BCUT2D eigenvalue weighted by atomic mass is 32.2. The molecule has 3 aromatic rings. The lowest BCUT2D eigenvalue weighted by Gasteiger charge is -2.41. The van der Waals surface area contributed by atoms with E-state index in [0.29, 0.717) is 17.6 Å². The number of rotatable bonds is 7. The molecule has 12 heteroatoms. The molecule has 220 valence electrons. The molecule has 0 unspecified atom stereocenters. The Morgan fingerprint density at radius 3 is 2.41 bits per heavy atom. The van der Waals surface area contributed by atoms with Crippen LogP contribution in [0.15, 0.2) is 30.3 Å². The first-order valence-electron chi connectivity index (χ1n) is 14.5. The SMILES string of the molecule is Cc1cccc(-n2nc(C3CCC3)c3c(N4CCC(N5CCOCC5)CC4)cc(C(=O)NS(=O)(=O)N(C)C)nc32)c1. The molecule has 1 saturated carbocycles. The minimum atomic E-state index is -3.99. The number of hydrogen-bond donors (Lipinski definition) is 1. The summed E-state index contributed by atoms with van der Waals surface area (Å²) in [5, 5.41) is 6.08. The Labute approximate surface area is 241 Å². The number of benzene rings is 1. The number of pyridine rings is 1. The molecule has 6 rings (SSSR count). The van der Waals surface area contributed by atoms with E-state index in [2.05, 4.69) is 20.6 Å². The summed E-state index contributed by atoms with van der Waals surface area (Å²) in [7, 11) is -1.22. The lowest BCUT2D eigenvalue weighted by Crippen LogP contribution is -2.49. The fourth-order valence-corrected chi connectivity index (χ4v) is 6.59. The quantitative estimate of drug-likeness (QED) is 0.453. The third-order valence-corrected chi connectivity index (χ3v) is 10.1. The number of piperidine rings is 1. The van der Waals surface area contributed by atoms with Gasteiger partial charge in [-0.05, 0) is 56.4 Å². The summed E-state index contributed by atoms with van der Waals surface area (Å²) >= 11 is 0. The predicted octanol–water partition coefficient (Wildman–Crippen LogP) is 2.83. The maximum Gasteiger partial charge on any atom is 0.303 e. The Balaban J connectivity index is 1.45. The molecule has 1 amide bonds. The number of hydrogen-bond acceptors (Lipinski definition) is 8. The Kier molecular flexibility index (Phi) is 7.75. The minimum absolute atomic E-state index is 0.0576. The van der Waals surface area contributed by atoms with Crippen LogP contribution in [0.1, 0.15) is 59.8 Å². The van der Waals surface area contributed by atoms with E-state index >= 15 is 0 Å². The molecule has 0 atom stereocenters. The van der Waals surface area contributed by atoms with Crippen molar-refractivity contribution in [2.24, 2.45) is 0 Å². The van der Waals surface area contributed by atoms with E-state index in [1.165, 1.54) is 20.5 Å². The molecule has 1 aromatic carbocycles. The Hall–Kier alpha value is -3.06. The minimum Gasteiger partial charge on any atom is -0.379 e. The van der Waals surface area contributed by atoms with Gasteiger partial charge in [0.15, 0.2) is 5.65 Å². The monoisotopic (exact) mass is 581 g/mol. The zero-order valence-electron chi connectivity index (χ0n) is 24.0. The maximum atomic E-state index is 13.4. The number of aryl methyl sites for hydroxylation is 1. The van der Waals surface area contributed by atoms with Gasteiger partial charge in [-0.3, -0.25) is 9.69 Å². The van der Waals surface area contributed by atoms with Crippen LogP contribution in [0.3, 0.4) is 0 Å². The molecule has 1 aliphatic carbocycles. The van der Waals surface area contributed by atoms with Crippen molar-refractivity contribution in [3.05, 3.63) is 47.3 Å². The summed E-state index contributed by atoms with van der Waals surface area (Å²) in [5.41, 5.74) is 4.51. The van der Waals surface area contributed by atoms with Crippen LogP contribution in [-0.4, -0.2) is 97.8 Å². The van der Waals surface area contributed by atoms with Gasteiger partial charge in [-0.2, -0.15) is 17.8 Å². The molecular formula is C29H39N7O4S. The van der Waals surface area contributed by atoms with Gasteiger partial charge in [0.2, 0.25) is 0 Å². The Morgan fingerprint density at radius 1 is 1.05 bits per heavy atom. The van der Waals surface area contributed by atoms with Crippen LogP contribution in [0.4, 0.5) is 5.69 Å². The van der Waals surface area contributed by atoms with E-state index in [0.717, 1.165) is 97.4 Å². The van der Waals surface area contributed by atoms with Crippen molar-refractivity contribution < 1.29 is 17.9 Å². The third kappa shape index (κ3) is 5.57. The highest BCUT2D eigenvalue weighted by Crippen LogP contribution is 2.43.